The van der Waals surface area contributed by atoms with Gasteiger partial charge in [-0.2, -0.15) is 13.2 Å². The molecule has 0 bridgehead atoms. The van der Waals surface area contributed by atoms with E-state index in [0.29, 0.717) is 22.8 Å². The molecule has 1 amide bonds. The highest BCUT2D eigenvalue weighted by atomic mass is 19.4. The van der Waals surface area contributed by atoms with E-state index in [1.165, 1.54) is 32.4 Å². The summed E-state index contributed by atoms with van der Waals surface area (Å²) in [6.45, 7) is -0.0813. The Morgan fingerprint density at radius 3 is 2.39 bits per heavy atom. The van der Waals surface area contributed by atoms with Crippen LogP contribution < -0.4 is 9.47 Å². The summed E-state index contributed by atoms with van der Waals surface area (Å²) in [5.74, 6) is -1.82. The maximum atomic E-state index is 12.6. The Hall–Kier alpha value is -2.25. The van der Waals surface area contributed by atoms with Crippen LogP contribution in [0.25, 0.3) is 0 Å². The lowest BCUT2D eigenvalue weighted by atomic mass is 10.0. The molecule has 0 aliphatic carbocycles. The summed E-state index contributed by atoms with van der Waals surface area (Å²) < 4.78 is 48.0. The maximum Gasteiger partial charge on any atom is 0.471 e. The van der Waals surface area contributed by atoms with Crippen molar-refractivity contribution in [3.63, 3.8) is 0 Å². The smallest absolute Gasteiger partial charge is 0.471 e. The zero-order valence-corrected chi connectivity index (χ0v) is 12.6. The summed E-state index contributed by atoms with van der Waals surface area (Å²) in [6, 6.07) is 3.23. The molecule has 1 aromatic carbocycles. The molecule has 1 atom stereocenters. The first-order chi connectivity index (χ1) is 10.8. The van der Waals surface area contributed by atoms with Crippen LogP contribution in [0.5, 0.6) is 11.5 Å². The molecule has 126 valence electrons. The van der Waals surface area contributed by atoms with Gasteiger partial charge in [0.25, 0.3) is 0 Å². The average Bonchev–Trinajstić information content (AvgIpc) is 3.01. The predicted octanol–water partition coefficient (Wildman–Crippen LogP) is 2.44. The first-order valence-electron chi connectivity index (χ1n) is 6.93. The molecular formula is C15H16F3NO4. The summed E-state index contributed by atoms with van der Waals surface area (Å²) >= 11 is 0. The van der Waals surface area contributed by atoms with Gasteiger partial charge in [-0.3, -0.25) is 9.59 Å². The molecule has 1 aliphatic rings. The standard InChI is InChI=1S/C15H16F3NO4/c1-22-11-6-5-9(8-12(11)23-2)13(20)10-4-3-7-19(10)14(21)15(16,17)18/h5-6,8,10H,3-4,7H2,1-2H3/t10-/m1/s1. The number of ketones is 1. The second kappa shape index (κ2) is 6.47. The minimum atomic E-state index is -4.99. The van der Waals surface area contributed by atoms with Gasteiger partial charge >= 0.3 is 12.1 Å². The number of methoxy groups -OCH3 is 2. The topological polar surface area (TPSA) is 55.8 Å². The molecule has 8 heteroatoms. The van der Waals surface area contributed by atoms with Gasteiger partial charge < -0.3 is 14.4 Å². The van der Waals surface area contributed by atoms with E-state index in [4.69, 9.17) is 9.47 Å². The van der Waals surface area contributed by atoms with E-state index >= 15 is 0 Å². The van der Waals surface area contributed by atoms with Gasteiger partial charge in [-0.1, -0.05) is 0 Å². The van der Waals surface area contributed by atoms with Crippen molar-refractivity contribution in [1.82, 2.24) is 4.90 Å². The van der Waals surface area contributed by atoms with E-state index in [1.54, 1.807) is 0 Å². The number of benzene rings is 1. The number of carbonyl (C=O) groups is 2. The van der Waals surface area contributed by atoms with E-state index < -0.39 is 23.9 Å². The number of Topliss-reactive ketones (excluding diaryl/α,β-unsaturated/α-hetero) is 1. The largest absolute Gasteiger partial charge is 0.493 e. The quantitative estimate of drug-likeness (QED) is 0.795. The van der Waals surface area contributed by atoms with Crippen LogP contribution in [-0.4, -0.2) is 49.6 Å². The fraction of sp³-hybridized carbons (Fsp3) is 0.467. The monoisotopic (exact) mass is 331 g/mol. The molecule has 5 nitrogen and oxygen atoms in total. The molecule has 0 unspecified atom stereocenters. The van der Waals surface area contributed by atoms with Crippen molar-refractivity contribution in [3.8, 4) is 11.5 Å². The Bertz CT molecular complexity index is 615. The number of alkyl halides is 3. The van der Waals surface area contributed by atoms with Crippen LogP contribution >= 0.6 is 0 Å². The van der Waals surface area contributed by atoms with Crippen molar-refractivity contribution in [3.05, 3.63) is 23.8 Å². The molecule has 1 aliphatic heterocycles. The lowest BCUT2D eigenvalue weighted by Gasteiger charge is -2.24. The maximum absolute atomic E-state index is 12.6. The first-order valence-corrected chi connectivity index (χ1v) is 6.93. The van der Waals surface area contributed by atoms with E-state index in [1.807, 2.05) is 0 Å². The van der Waals surface area contributed by atoms with E-state index in [0.717, 1.165) is 0 Å². The summed E-state index contributed by atoms with van der Waals surface area (Å²) in [6.07, 6.45) is -4.43. The van der Waals surface area contributed by atoms with Crippen molar-refractivity contribution in [1.29, 1.82) is 0 Å². The summed E-state index contributed by atoms with van der Waals surface area (Å²) in [7, 11) is 2.82. The number of hydrogen-bond acceptors (Lipinski definition) is 4. The minimum Gasteiger partial charge on any atom is -0.493 e. The van der Waals surface area contributed by atoms with Crippen LogP contribution in [0.4, 0.5) is 13.2 Å². The molecule has 0 radical (unpaired) electrons. The number of hydrogen-bond donors (Lipinski definition) is 0. The zero-order valence-electron chi connectivity index (χ0n) is 12.6. The Kier molecular flexibility index (Phi) is 4.82. The van der Waals surface area contributed by atoms with Gasteiger partial charge in [-0.25, -0.2) is 0 Å². The van der Waals surface area contributed by atoms with Gasteiger partial charge in [0.2, 0.25) is 0 Å². The van der Waals surface area contributed by atoms with E-state index in [2.05, 4.69) is 0 Å². The minimum absolute atomic E-state index is 0.0813. The van der Waals surface area contributed by atoms with Crippen LogP contribution in [0.15, 0.2) is 18.2 Å². The van der Waals surface area contributed by atoms with Crippen molar-refractivity contribution < 1.29 is 32.2 Å². The fourth-order valence-electron chi connectivity index (χ4n) is 2.63. The number of likely N-dealkylation sites (tertiary alicyclic amines) is 1. The third-order valence-electron chi connectivity index (χ3n) is 3.73. The molecule has 0 aromatic heterocycles. The number of rotatable bonds is 4. The zero-order chi connectivity index (χ0) is 17.2. The van der Waals surface area contributed by atoms with E-state index in [9.17, 15) is 22.8 Å². The van der Waals surface area contributed by atoms with Crippen LogP contribution in [0.2, 0.25) is 0 Å². The lowest BCUT2D eigenvalue weighted by molar-refractivity contribution is -0.185. The first kappa shape index (κ1) is 17.1. The predicted molar refractivity (Wildman–Crippen MR) is 74.7 cm³/mol. The van der Waals surface area contributed by atoms with Crippen LogP contribution in [0, 0.1) is 0 Å². The SMILES string of the molecule is COc1ccc(C(=O)[C@H]2CCCN2C(=O)C(F)(F)F)cc1OC. The molecule has 0 saturated carbocycles. The molecular weight excluding hydrogens is 315 g/mol. The van der Waals surface area contributed by atoms with Gasteiger partial charge in [0.15, 0.2) is 17.3 Å². The van der Waals surface area contributed by atoms with Crippen LogP contribution in [0.3, 0.4) is 0 Å². The van der Waals surface area contributed by atoms with Gasteiger partial charge in [0, 0.05) is 12.1 Å². The molecule has 23 heavy (non-hydrogen) atoms. The second-order valence-electron chi connectivity index (χ2n) is 5.09. The van der Waals surface area contributed by atoms with Crippen LogP contribution in [-0.2, 0) is 4.79 Å². The second-order valence-corrected chi connectivity index (χ2v) is 5.09. The van der Waals surface area contributed by atoms with Crippen molar-refractivity contribution in [2.45, 2.75) is 25.1 Å². The number of halogens is 3. The third-order valence-corrected chi connectivity index (χ3v) is 3.73. The fourth-order valence-corrected chi connectivity index (χ4v) is 2.63. The highest BCUT2D eigenvalue weighted by Crippen LogP contribution is 2.31. The molecule has 1 heterocycles. The Balaban J connectivity index is 2.27. The highest BCUT2D eigenvalue weighted by Gasteiger charge is 2.47. The van der Waals surface area contributed by atoms with Crippen molar-refractivity contribution in [2.24, 2.45) is 0 Å². The number of carbonyl (C=O) groups excluding carboxylic acids is 2. The highest BCUT2D eigenvalue weighted by molar-refractivity contribution is 6.03. The molecule has 1 fully saturated rings. The van der Waals surface area contributed by atoms with Gasteiger partial charge in [-0.15, -0.1) is 0 Å². The Labute approximate surface area is 131 Å². The van der Waals surface area contributed by atoms with Crippen molar-refractivity contribution in [2.75, 3.05) is 20.8 Å². The summed E-state index contributed by atoms with van der Waals surface area (Å²) in [5.41, 5.74) is 0.175. The van der Waals surface area contributed by atoms with E-state index in [-0.39, 0.29) is 18.5 Å². The molecule has 0 spiro atoms. The number of ether oxygens (including phenoxy) is 2. The van der Waals surface area contributed by atoms with Crippen LogP contribution in [0.1, 0.15) is 23.2 Å². The van der Waals surface area contributed by atoms with Crippen molar-refractivity contribution >= 4 is 11.7 Å². The normalized spacial score (nSPS) is 18.0. The average molecular weight is 331 g/mol. The third kappa shape index (κ3) is 3.40. The molecule has 1 aromatic rings. The Morgan fingerprint density at radius 1 is 1.17 bits per heavy atom. The van der Waals surface area contributed by atoms with Gasteiger partial charge in [0.1, 0.15) is 0 Å². The summed E-state index contributed by atoms with van der Waals surface area (Å²) in [4.78, 5) is 24.5. The summed E-state index contributed by atoms with van der Waals surface area (Å²) in [5, 5.41) is 0. The van der Waals surface area contributed by atoms with Gasteiger partial charge in [-0.05, 0) is 31.0 Å². The number of nitrogens with zero attached hydrogens (tertiary/aromatic N) is 1. The number of amides is 1. The molecule has 0 N–H and O–H groups in total. The molecule has 2 rings (SSSR count). The molecule has 1 saturated heterocycles. The Morgan fingerprint density at radius 2 is 1.83 bits per heavy atom. The van der Waals surface area contributed by atoms with Gasteiger partial charge in [0.05, 0.1) is 20.3 Å². The lowest BCUT2D eigenvalue weighted by Crippen LogP contribution is -2.46.